The van der Waals surface area contributed by atoms with Gasteiger partial charge in [0, 0.05) is 26.2 Å². The Morgan fingerprint density at radius 1 is 1.04 bits per heavy atom. The highest BCUT2D eigenvalue weighted by Crippen LogP contribution is 2.35. The number of rotatable bonds is 4. The maximum atomic E-state index is 13.1. The lowest BCUT2D eigenvalue weighted by molar-refractivity contribution is -0.137. The summed E-state index contributed by atoms with van der Waals surface area (Å²) in [6.07, 6.45) is -4.47. The van der Waals surface area contributed by atoms with Crippen LogP contribution in [0.1, 0.15) is 5.56 Å². The molecule has 2 aliphatic rings. The van der Waals surface area contributed by atoms with Crippen LogP contribution in [-0.4, -0.2) is 70.0 Å². The second-order valence-corrected chi connectivity index (χ2v) is 6.27. The van der Waals surface area contributed by atoms with Crippen LogP contribution in [0.25, 0.3) is 0 Å². The number of benzene rings is 1. The third-order valence-electron chi connectivity index (χ3n) is 4.42. The van der Waals surface area contributed by atoms with Crippen molar-refractivity contribution in [2.45, 2.75) is 6.18 Å². The number of carbonyl (C=O) groups is 1. The quantitative estimate of drug-likeness (QED) is 0.873. The van der Waals surface area contributed by atoms with Gasteiger partial charge in [0.15, 0.2) is 0 Å². The van der Waals surface area contributed by atoms with Crippen molar-refractivity contribution in [2.24, 2.45) is 0 Å². The number of amides is 1. The average Bonchev–Trinajstić information content (AvgIpc) is 2.62. The van der Waals surface area contributed by atoms with Crippen LogP contribution in [0.5, 0.6) is 0 Å². The van der Waals surface area contributed by atoms with Crippen molar-refractivity contribution in [3.8, 4) is 0 Å². The van der Waals surface area contributed by atoms with E-state index in [1.54, 1.807) is 0 Å². The van der Waals surface area contributed by atoms with Crippen molar-refractivity contribution in [1.82, 2.24) is 4.90 Å². The number of halogens is 3. The van der Waals surface area contributed by atoms with E-state index in [0.29, 0.717) is 58.3 Å². The standard InChI is InChI=1S/C17H22F3N3O3/c18-17(19,20)13-1-2-15(23-5-9-26-10-6-23)14(11-13)21-16(24)12-22-3-7-25-8-4-22/h1-2,11H,3-10,12H2,(H,21,24). The number of hydrogen-bond acceptors (Lipinski definition) is 5. The Hall–Kier alpha value is -1.84. The van der Waals surface area contributed by atoms with Crippen LogP contribution >= 0.6 is 0 Å². The van der Waals surface area contributed by atoms with Gasteiger partial charge in [0.05, 0.1) is 49.9 Å². The smallest absolute Gasteiger partial charge is 0.379 e. The molecule has 0 atom stereocenters. The van der Waals surface area contributed by atoms with Crippen molar-refractivity contribution >= 4 is 17.3 Å². The molecule has 144 valence electrons. The first kappa shape index (κ1) is 18.9. The predicted octanol–water partition coefficient (Wildman–Crippen LogP) is 1.81. The number of ether oxygens (including phenoxy) is 2. The highest BCUT2D eigenvalue weighted by Gasteiger charge is 2.32. The summed E-state index contributed by atoms with van der Waals surface area (Å²) in [5, 5.41) is 2.66. The number of carbonyl (C=O) groups excluding carboxylic acids is 1. The molecule has 0 unspecified atom stereocenters. The Labute approximate surface area is 149 Å². The minimum Gasteiger partial charge on any atom is -0.379 e. The zero-order chi connectivity index (χ0) is 18.6. The fraction of sp³-hybridized carbons (Fsp3) is 0.588. The molecule has 6 nitrogen and oxygen atoms in total. The second kappa shape index (κ2) is 8.24. The van der Waals surface area contributed by atoms with Gasteiger partial charge in [-0.1, -0.05) is 0 Å². The Bertz CT molecular complexity index is 627. The van der Waals surface area contributed by atoms with E-state index in [2.05, 4.69) is 5.32 Å². The highest BCUT2D eigenvalue weighted by atomic mass is 19.4. The first-order valence-corrected chi connectivity index (χ1v) is 8.57. The molecule has 1 aromatic rings. The molecule has 0 bridgehead atoms. The molecule has 2 heterocycles. The normalized spacial score (nSPS) is 19.4. The minimum absolute atomic E-state index is 0.127. The van der Waals surface area contributed by atoms with Gasteiger partial charge in [-0.2, -0.15) is 13.2 Å². The van der Waals surface area contributed by atoms with Crippen molar-refractivity contribution in [1.29, 1.82) is 0 Å². The van der Waals surface area contributed by atoms with Gasteiger partial charge in [-0.3, -0.25) is 9.69 Å². The molecule has 1 amide bonds. The van der Waals surface area contributed by atoms with Gasteiger partial charge < -0.3 is 19.7 Å². The molecule has 1 N–H and O–H groups in total. The van der Waals surface area contributed by atoms with Crippen LogP contribution in [0, 0.1) is 0 Å². The summed E-state index contributed by atoms with van der Waals surface area (Å²) in [5.74, 6) is -0.333. The molecule has 2 aliphatic heterocycles. The molecule has 2 fully saturated rings. The van der Waals surface area contributed by atoms with E-state index in [-0.39, 0.29) is 18.1 Å². The molecular weight excluding hydrogens is 351 g/mol. The van der Waals surface area contributed by atoms with Crippen LogP contribution in [0.4, 0.5) is 24.5 Å². The molecule has 9 heteroatoms. The number of nitrogens with one attached hydrogen (secondary N) is 1. The lowest BCUT2D eigenvalue weighted by Crippen LogP contribution is -2.41. The number of hydrogen-bond donors (Lipinski definition) is 1. The third-order valence-corrected chi connectivity index (χ3v) is 4.42. The SMILES string of the molecule is O=C(CN1CCOCC1)Nc1cc(C(F)(F)F)ccc1N1CCOCC1. The number of alkyl halides is 3. The molecule has 0 aliphatic carbocycles. The van der Waals surface area contributed by atoms with Gasteiger partial charge in [0.25, 0.3) is 0 Å². The van der Waals surface area contributed by atoms with E-state index < -0.39 is 11.7 Å². The average molecular weight is 373 g/mol. The minimum atomic E-state index is -4.47. The van der Waals surface area contributed by atoms with Gasteiger partial charge >= 0.3 is 6.18 Å². The van der Waals surface area contributed by atoms with E-state index in [1.807, 2.05) is 9.80 Å². The van der Waals surface area contributed by atoms with E-state index in [0.717, 1.165) is 12.1 Å². The van der Waals surface area contributed by atoms with Crippen LogP contribution in [0.3, 0.4) is 0 Å². The van der Waals surface area contributed by atoms with Crippen LogP contribution in [0.2, 0.25) is 0 Å². The maximum Gasteiger partial charge on any atom is 0.416 e. The van der Waals surface area contributed by atoms with Gasteiger partial charge in [-0.25, -0.2) is 0 Å². The summed E-state index contributed by atoms with van der Waals surface area (Å²) in [6.45, 7) is 4.63. The molecule has 0 saturated carbocycles. The topological polar surface area (TPSA) is 54.0 Å². The highest BCUT2D eigenvalue weighted by molar-refractivity contribution is 5.95. The number of nitrogens with zero attached hydrogens (tertiary/aromatic N) is 2. The molecule has 0 aromatic heterocycles. The van der Waals surface area contributed by atoms with Gasteiger partial charge in [-0.15, -0.1) is 0 Å². The Morgan fingerprint density at radius 2 is 1.65 bits per heavy atom. The fourth-order valence-corrected chi connectivity index (χ4v) is 3.04. The summed E-state index contributed by atoms with van der Waals surface area (Å²) in [7, 11) is 0. The summed E-state index contributed by atoms with van der Waals surface area (Å²) < 4.78 is 49.8. The van der Waals surface area contributed by atoms with Crippen molar-refractivity contribution in [2.75, 3.05) is 69.4 Å². The van der Waals surface area contributed by atoms with Crippen LogP contribution in [-0.2, 0) is 20.4 Å². The molecule has 0 spiro atoms. The van der Waals surface area contributed by atoms with Crippen LogP contribution < -0.4 is 10.2 Å². The van der Waals surface area contributed by atoms with E-state index in [4.69, 9.17) is 9.47 Å². The van der Waals surface area contributed by atoms with Gasteiger partial charge in [0.2, 0.25) is 5.91 Å². The molecule has 2 saturated heterocycles. The number of morpholine rings is 2. The van der Waals surface area contributed by atoms with Gasteiger partial charge in [-0.05, 0) is 18.2 Å². The lowest BCUT2D eigenvalue weighted by atomic mass is 10.1. The van der Waals surface area contributed by atoms with Gasteiger partial charge in [0.1, 0.15) is 0 Å². The summed E-state index contributed by atoms with van der Waals surface area (Å²) in [4.78, 5) is 16.2. The molecular formula is C17H22F3N3O3. The first-order chi connectivity index (χ1) is 12.4. The third kappa shape index (κ3) is 4.87. The Morgan fingerprint density at radius 3 is 2.27 bits per heavy atom. The monoisotopic (exact) mass is 373 g/mol. The van der Waals surface area contributed by atoms with E-state index in [9.17, 15) is 18.0 Å². The summed E-state index contributed by atoms with van der Waals surface area (Å²) in [5.41, 5.74) is -0.0206. The van der Waals surface area contributed by atoms with E-state index in [1.165, 1.54) is 6.07 Å². The lowest BCUT2D eigenvalue weighted by Gasteiger charge is -2.31. The molecule has 1 aromatic carbocycles. The zero-order valence-corrected chi connectivity index (χ0v) is 14.3. The second-order valence-electron chi connectivity index (χ2n) is 6.27. The summed E-state index contributed by atoms with van der Waals surface area (Å²) in [6, 6.07) is 3.46. The van der Waals surface area contributed by atoms with Crippen LogP contribution in [0.15, 0.2) is 18.2 Å². The maximum absolute atomic E-state index is 13.1. The van der Waals surface area contributed by atoms with E-state index >= 15 is 0 Å². The largest absolute Gasteiger partial charge is 0.416 e. The molecule has 26 heavy (non-hydrogen) atoms. The molecule has 0 radical (unpaired) electrons. The predicted molar refractivity (Wildman–Crippen MR) is 90.4 cm³/mol. The Balaban J connectivity index is 1.78. The zero-order valence-electron chi connectivity index (χ0n) is 14.3. The van der Waals surface area contributed by atoms with Crippen molar-refractivity contribution in [3.05, 3.63) is 23.8 Å². The Kier molecular flexibility index (Phi) is 6.00. The molecule has 3 rings (SSSR count). The van der Waals surface area contributed by atoms with Crippen molar-refractivity contribution < 1.29 is 27.4 Å². The number of anilines is 2. The summed E-state index contributed by atoms with van der Waals surface area (Å²) >= 11 is 0. The van der Waals surface area contributed by atoms with Crippen molar-refractivity contribution in [3.63, 3.8) is 0 Å². The first-order valence-electron chi connectivity index (χ1n) is 8.57. The fourth-order valence-electron chi connectivity index (χ4n) is 3.04.